The largest absolute Gasteiger partial charge is 0.299 e. The van der Waals surface area contributed by atoms with Crippen molar-refractivity contribution in [3.8, 4) is 11.1 Å². The zero-order valence-corrected chi connectivity index (χ0v) is 24.8. The van der Waals surface area contributed by atoms with Crippen LogP contribution in [0.1, 0.15) is 62.5 Å². The van der Waals surface area contributed by atoms with E-state index in [4.69, 9.17) is 0 Å². The van der Waals surface area contributed by atoms with Crippen molar-refractivity contribution < 1.29 is 26.4 Å². The van der Waals surface area contributed by atoms with Crippen LogP contribution in [0, 0.1) is 17.7 Å². The van der Waals surface area contributed by atoms with Gasteiger partial charge < -0.3 is 0 Å². The number of alkyl halides is 2. The Balaban J connectivity index is 1.13. The van der Waals surface area contributed by atoms with E-state index < -0.39 is 15.8 Å². The zero-order chi connectivity index (χ0) is 29.9. The molecular formula is C34H38F3NO3S. The third-order valence-electron chi connectivity index (χ3n) is 8.83. The highest BCUT2D eigenvalue weighted by atomic mass is 32.2. The van der Waals surface area contributed by atoms with E-state index in [9.17, 15) is 26.4 Å². The maximum Gasteiger partial charge on any atom is 0.261 e. The van der Waals surface area contributed by atoms with Crippen LogP contribution in [-0.4, -0.2) is 43.9 Å². The van der Waals surface area contributed by atoms with Crippen LogP contribution >= 0.6 is 0 Å². The Labute approximate surface area is 246 Å². The van der Waals surface area contributed by atoms with Crippen molar-refractivity contribution in [1.29, 1.82) is 0 Å². The second-order valence-electron chi connectivity index (χ2n) is 12.2. The molecule has 0 aromatic heterocycles. The lowest BCUT2D eigenvalue weighted by Gasteiger charge is -2.28. The predicted molar refractivity (Wildman–Crippen MR) is 159 cm³/mol. The van der Waals surface area contributed by atoms with Gasteiger partial charge in [0.2, 0.25) is 0 Å². The summed E-state index contributed by atoms with van der Waals surface area (Å²) < 4.78 is 66.8. The van der Waals surface area contributed by atoms with Crippen LogP contribution in [0.3, 0.4) is 0 Å². The van der Waals surface area contributed by atoms with Crippen LogP contribution in [0.15, 0.2) is 77.7 Å². The Morgan fingerprint density at radius 1 is 0.952 bits per heavy atom. The topological polar surface area (TPSA) is 54.5 Å². The minimum absolute atomic E-state index is 0.0137. The number of Topliss-reactive ketones (excluding diaryl/α,β-unsaturated/α-hetero) is 1. The monoisotopic (exact) mass is 597 g/mol. The maximum atomic E-state index is 13.6. The molecule has 1 saturated heterocycles. The Morgan fingerprint density at radius 3 is 2.29 bits per heavy atom. The first-order chi connectivity index (χ1) is 20.0. The summed E-state index contributed by atoms with van der Waals surface area (Å²) in [4.78, 5) is 15.0. The summed E-state index contributed by atoms with van der Waals surface area (Å²) in [6, 6.07) is 20.9. The average molecular weight is 598 g/mol. The van der Waals surface area contributed by atoms with E-state index in [1.807, 2.05) is 31.2 Å². The number of hydrogen-bond donors (Lipinski definition) is 0. The van der Waals surface area contributed by atoms with Crippen molar-refractivity contribution in [3.05, 3.63) is 89.7 Å². The molecule has 0 bridgehead atoms. The molecule has 1 heterocycles. The minimum Gasteiger partial charge on any atom is -0.299 e. The highest BCUT2D eigenvalue weighted by molar-refractivity contribution is 7.91. The number of carbonyl (C=O) groups excluding carboxylic acids is 1. The average Bonchev–Trinajstić information content (AvgIpc) is 3.31. The van der Waals surface area contributed by atoms with E-state index in [-0.39, 0.29) is 53.0 Å². The molecule has 1 saturated carbocycles. The summed E-state index contributed by atoms with van der Waals surface area (Å²) in [5.41, 5.74) is 3.68. The van der Waals surface area contributed by atoms with Crippen LogP contribution in [0.25, 0.3) is 11.1 Å². The molecule has 0 unspecified atom stereocenters. The lowest BCUT2D eigenvalue weighted by Crippen LogP contribution is -2.26. The highest BCUT2D eigenvalue weighted by Crippen LogP contribution is 2.34. The summed E-state index contributed by atoms with van der Waals surface area (Å²) >= 11 is 0. The van der Waals surface area contributed by atoms with Gasteiger partial charge in [0.05, 0.1) is 17.2 Å². The first kappa shape index (κ1) is 30.5. The fraction of sp³-hybridized carbons (Fsp3) is 0.441. The van der Waals surface area contributed by atoms with Crippen LogP contribution in [0.5, 0.6) is 0 Å². The smallest absolute Gasteiger partial charge is 0.261 e. The Hall–Kier alpha value is -2.97. The molecule has 2 fully saturated rings. The molecule has 0 N–H and O–H groups in total. The molecule has 3 aromatic rings. The van der Waals surface area contributed by atoms with Crippen molar-refractivity contribution in [3.63, 3.8) is 0 Å². The van der Waals surface area contributed by atoms with Gasteiger partial charge in [0.15, 0.2) is 9.84 Å². The molecule has 8 heteroatoms. The normalized spacial score (nSPS) is 21.7. The van der Waals surface area contributed by atoms with Gasteiger partial charge in [-0.05, 0) is 90.1 Å². The van der Waals surface area contributed by atoms with Crippen LogP contribution in [-0.2, 0) is 21.2 Å². The number of nitrogens with zero attached hydrogens (tertiary/aromatic N) is 1. The maximum absolute atomic E-state index is 13.6. The Kier molecular flexibility index (Phi) is 9.23. The molecule has 1 atom stereocenters. The van der Waals surface area contributed by atoms with Gasteiger partial charge in [-0.1, -0.05) is 49.4 Å². The van der Waals surface area contributed by atoms with E-state index in [1.54, 1.807) is 41.3 Å². The first-order valence-corrected chi connectivity index (χ1v) is 16.4. The third kappa shape index (κ3) is 7.70. The van der Waals surface area contributed by atoms with Gasteiger partial charge in [-0.3, -0.25) is 9.69 Å². The van der Waals surface area contributed by atoms with Gasteiger partial charge in [0.25, 0.3) is 5.92 Å². The fourth-order valence-electron chi connectivity index (χ4n) is 6.34. The zero-order valence-electron chi connectivity index (χ0n) is 23.9. The van der Waals surface area contributed by atoms with Crippen molar-refractivity contribution in [1.82, 2.24) is 4.90 Å². The molecule has 5 rings (SSSR count). The molecule has 2 aliphatic rings. The lowest BCUT2D eigenvalue weighted by atomic mass is 9.78. The Morgan fingerprint density at radius 2 is 1.64 bits per heavy atom. The van der Waals surface area contributed by atoms with Gasteiger partial charge >= 0.3 is 0 Å². The third-order valence-corrected chi connectivity index (χ3v) is 10.7. The molecule has 224 valence electrons. The van der Waals surface area contributed by atoms with Crippen molar-refractivity contribution in [2.24, 2.45) is 11.8 Å². The number of likely N-dealkylation sites (tertiary alicyclic amines) is 1. The van der Waals surface area contributed by atoms with Gasteiger partial charge in [-0.15, -0.1) is 0 Å². The molecule has 3 aromatic carbocycles. The van der Waals surface area contributed by atoms with Crippen LogP contribution in [0.2, 0.25) is 0 Å². The number of hydrogen-bond acceptors (Lipinski definition) is 4. The summed E-state index contributed by atoms with van der Waals surface area (Å²) in [5, 5.41) is 0. The molecule has 0 amide bonds. The van der Waals surface area contributed by atoms with Crippen molar-refractivity contribution in [2.75, 3.05) is 18.8 Å². The summed E-state index contributed by atoms with van der Waals surface area (Å²) in [6.07, 6.45) is 3.09. The second-order valence-corrected chi connectivity index (χ2v) is 14.2. The predicted octanol–water partition coefficient (Wildman–Crippen LogP) is 7.68. The standard InChI is InChI=1S/C34H38F3NO3S/c1-24(27-9-13-31(35)14-10-27)19-33(39)29-7-5-25(6-8-29)22-42(40,41)32-15-11-28(12-16-32)30-4-2-3-26(20-30)21-38-18-17-34(36,37)23-38/h2-4,9-16,20,24-25,29H,5-8,17-19,21-23H2,1H3/t24-,25?,29?/m0/s1. The van der Waals surface area contributed by atoms with E-state index in [1.165, 1.54) is 12.1 Å². The van der Waals surface area contributed by atoms with E-state index >= 15 is 0 Å². The summed E-state index contributed by atoms with van der Waals surface area (Å²) in [6.45, 7) is 2.58. The number of rotatable bonds is 10. The molecule has 1 aliphatic heterocycles. The fourth-order valence-corrected chi connectivity index (χ4v) is 8.04. The lowest BCUT2D eigenvalue weighted by molar-refractivity contribution is -0.124. The van der Waals surface area contributed by atoms with Gasteiger partial charge in [0.1, 0.15) is 11.6 Å². The number of carbonyl (C=O) groups is 1. The number of halogens is 3. The number of sulfone groups is 1. The minimum atomic E-state index is -3.48. The molecule has 0 spiro atoms. The van der Waals surface area contributed by atoms with Crippen molar-refractivity contribution in [2.45, 2.75) is 68.7 Å². The van der Waals surface area contributed by atoms with E-state index in [0.29, 0.717) is 45.2 Å². The number of benzene rings is 3. The molecule has 42 heavy (non-hydrogen) atoms. The molecule has 4 nitrogen and oxygen atoms in total. The number of ketones is 1. The SMILES string of the molecule is C[C@@H](CC(=O)C1CCC(CS(=O)(=O)c2ccc(-c3cccc(CN4CCC(F)(F)C4)c3)cc2)CC1)c1ccc(F)cc1. The van der Waals surface area contributed by atoms with E-state index in [2.05, 4.69) is 0 Å². The van der Waals surface area contributed by atoms with E-state index in [0.717, 1.165) is 22.3 Å². The molecule has 1 aliphatic carbocycles. The molecule has 0 radical (unpaired) electrons. The van der Waals surface area contributed by atoms with Gasteiger partial charge in [-0.25, -0.2) is 21.6 Å². The van der Waals surface area contributed by atoms with Crippen LogP contribution < -0.4 is 0 Å². The first-order valence-electron chi connectivity index (χ1n) is 14.8. The quantitative estimate of drug-likeness (QED) is 0.241. The summed E-state index contributed by atoms with van der Waals surface area (Å²) in [7, 11) is -3.48. The van der Waals surface area contributed by atoms with Crippen LogP contribution in [0.4, 0.5) is 13.2 Å². The summed E-state index contributed by atoms with van der Waals surface area (Å²) in [5.74, 6) is -2.67. The second kappa shape index (κ2) is 12.7. The highest BCUT2D eigenvalue weighted by Gasteiger charge is 2.38. The molecular weight excluding hydrogens is 559 g/mol. The Bertz CT molecular complexity index is 1480. The van der Waals surface area contributed by atoms with Crippen molar-refractivity contribution >= 4 is 15.6 Å². The van der Waals surface area contributed by atoms with Gasteiger partial charge in [-0.2, -0.15) is 0 Å². The van der Waals surface area contributed by atoms with Gasteiger partial charge in [0, 0.05) is 31.8 Å².